The zero-order valence-corrected chi connectivity index (χ0v) is 23.1. The molecule has 2 aromatic rings. The number of Topliss-reactive ketones (excluding diaryl/α,β-unsaturated/α-hetero) is 1. The number of ketones is 1. The highest BCUT2D eigenvalue weighted by molar-refractivity contribution is 5.89. The first-order chi connectivity index (χ1) is 19.8. The quantitative estimate of drug-likeness (QED) is 0.433. The fourth-order valence-electron chi connectivity index (χ4n) is 5.49. The summed E-state index contributed by atoms with van der Waals surface area (Å²) in [7, 11) is 0. The van der Waals surface area contributed by atoms with E-state index in [0.717, 1.165) is 5.56 Å². The monoisotopic (exact) mass is 569 g/mol. The number of hydrogen-bond donors (Lipinski definition) is 2. The maximum Gasteiger partial charge on any atom is 0.408 e. The third-order valence-electron chi connectivity index (χ3n) is 7.60. The van der Waals surface area contributed by atoms with Crippen molar-refractivity contribution < 1.29 is 47.9 Å². The van der Waals surface area contributed by atoms with Gasteiger partial charge in [0.15, 0.2) is 24.3 Å². The van der Waals surface area contributed by atoms with Gasteiger partial charge < -0.3 is 38.8 Å². The van der Waals surface area contributed by atoms with Crippen LogP contribution in [0.3, 0.4) is 0 Å². The molecule has 10 atom stereocenters. The van der Waals surface area contributed by atoms with Crippen molar-refractivity contribution in [2.24, 2.45) is 0 Å². The number of ether oxygens (including phenoxy) is 6. The van der Waals surface area contributed by atoms with Crippen molar-refractivity contribution in [1.29, 1.82) is 0 Å². The standard InChI is InChI=1S/C30H35NO10/c1-4-20-22(33)25-21(31-30(35)41-25)29(38-20)40-27-23(16(2)32)37-17(3)24(39-28(34)19-13-9-6-10-14-19)26(27)36-15-18-11-7-5-8-12-18/h5-14,17,20-27,29,33H,4,15H2,1-3H3,(H,31,35)/t17-,20?,21?,22-,23?,24-,25-,26?,27+,29+/m1/s1. The SMILES string of the molecule is CCC1O[C@@H](O[C@H]2C(C(C)=O)O[C@H](C)[C@@H](OC(=O)c3ccccc3)C2OCc2ccccc2)C2NC(=O)O[C@H]2[C@@H]1O. The highest BCUT2D eigenvalue weighted by Crippen LogP contribution is 2.35. The van der Waals surface area contributed by atoms with Crippen LogP contribution in [0.5, 0.6) is 0 Å². The third-order valence-corrected chi connectivity index (χ3v) is 7.60. The van der Waals surface area contributed by atoms with E-state index in [2.05, 4.69) is 5.32 Å². The Kier molecular flexibility index (Phi) is 9.00. The van der Waals surface area contributed by atoms with E-state index < -0.39 is 73.2 Å². The molecular formula is C30H35NO10. The molecule has 3 fully saturated rings. The summed E-state index contributed by atoms with van der Waals surface area (Å²) in [6.45, 7) is 5.04. The first kappa shape index (κ1) is 29.2. The number of aliphatic hydroxyl groups is 1. The van der Waals surface area contributed by atoms with E-state index in [1.807, 2.05) is 37.3 Å². The third kappa shape index (κ3) is 6.29. The number of aliphatic hydroxyl groups excluding tert-OH is 1. The predicted octanol–water partition coefficient (Wildman–Crippen LogP) is 2.53. The number of alkyl carbamates (subject to hydrolysis) is 1. The molecule has 4 unspecified atom stereocenters. The molecule has 0 spiro atoms. The number of nitrogens with one attached hydrogen (secondary N) is 1. The average Bonchev–Trinajstić information content (AvgIpc) is 3.38. The van der Waals surface area contributed by atoms with Gasteiger partial charge in [0, 0.05) is 0 Å². The fourth-order valence-corrected chi connectivity index (χ4v) is 5.49. The van der Waals surface area contributed by atoms with Crippen LogP contribution in [0.4, 0.5) is 4.79 Å². The van der Waals surface area contributed by atoms with Crippen molar-refractivity contribution in [3.8, 4) is 0 Å². The molecule has 3 aliphatic rings. The topological polar surface area (TPSA) is 139 Å². The minimum Gasteiger partial charge on any atom is -0.453 e. The number of amides is 1. The number of benzene rings is 2. The Bertz CT molecular complexity index is 1210. The maximum absolute atomic E-state index is 13.1. The van der Waals surface area contributed by atoms with Crippen molar-refractivity contribution in [1.82, 2.24) is 5.32 Å². The Hall–Kier alpha value is -3.35. The van der Waals surface area contributed by atoms with Crippen LogP contribution >= 0.6 is 0 Å². The molecule has 3 heterocycles. The highest BCUT2D eigenvalue weighted by atomic mass is 16.7. The van der Waals surface area contributed by atoms with Gasteiger partial charge in [0.25, 0.3) is 0 Å². The van der Waals surface area contributed by atoms with Gasteiger partial charge in [0.05, 0.1) is 24.4 Å². The smallest absolute Gasteiger partial charge is 0.408 e. The Morgan fingerprint density at radius 1 is 0.976 bits per heavy atom. The summed E-state index contributed by atoms with van der Waals surface area (Å²) in [6, 6.07) is 17.1. The molecule has 3 saturated heterocycles. The van der Waals surface area contributed by atoms with Crippen LogP contribution in [0, 0.1) is 0 Å². The van der Waals surface area contributed by atoms with Gasteiger partial charge in [-0.25, -0.2) is 9.59 Å². The van der Waals surface area contributed by atoms with E-state index in [9.17, 15) is 19.5 Å². The van der Waals surface area contributed by atoms with Gasteiger partial charge in [0.1, 0.15) is 30.5 Å². The number of rotatable bonds is 9. The van der Waals surface area contributed by atoms with E-state index >= 15 is 0 Å². The van der Waals surface area contributed by atoms with Gasteiger partial charge in [-0.2, -0.15) is 0 Å². The molecule has 220 valence electrons. The van der Waals surface area contributed by atoms with Crippen LogP contribution in [-0.2, 0) is 39.8 Å². The van der Waals surface area contributed by atoms with Gasteiger partial charge in [-0.05, 0) is 38.0 Å². The Labute approximate surface area is 238 Å². The van der Waals surface area contributed by atoms with Crippen LogP contribution in [0.15, 0.2) is 60.7 Å². The van der Waals surface area contributed by atoms with Crippen LogP contribution in [-0.4, -0.2) is 84.1 Å². The fraction of sp³-hybridized carbons (Fsp3) is 0.500. The molecule has 0 aliphatic carbocycles. The van der Waals surface area contributed by atoms with E-state index in [0.29, 0.717) is 12.0 Å². The molecule has 5 rings (SSSR count). The maximum atomic E-state index is 13.1. The molecule has 0 aromatic heterocycles. The lowest BCUT2D eigenvalue weighted by atomic mass is 9.92. The average molecular weight is 570 g/mol. The number of fused-ring (bicyclic) bond motifs is 1. The molecule has 11 nitrogen and oxygen atoms in total. The first-order valence-electron chi connectivity index (χ1n) is 13.8. The van der Waals surface area contributed by atoms with E-state index in [1.165, 1.54) is 6.92 Å². The second-order valence-electron chi connectivity index (χ2n) is 10.5. The highest BCUT2D eigenvalue weighted by Gasteiger charge is 2.56. The summed E-state index contributed by atoms with van der Waals surface area (Å²) < 4.78 is 36.2. The van der Waals surface area contributed by atoms with Gasteiger partial charge in [-0.15, -0.1) is 0 Å². The van der Waals surface area contributed by atoms with Crippen LogP contribution < -0.4 is 5.32 Å². The lowest BCUT2D eigenvalue weighted by molar-refractivity contribution is -0.312. The summed E-state index contributed by atoms with van der Waals surface area (Å²) in [6.07, 6.45) is -8.93. The summed E-state index contributed by atoms with van der Waals surface area (Å²) in [5.41, 5.74) is 1.20. The Balaban J connectivity index is 1.47. The molecule has 2 aromatic carbocycles. The van der Waals surface area contributed by atoms with Crippen LogP contribution in [0.1, 0.15) is 43.1 Å². The summed E-state index contributed by atoms with van der Waals surface area (Å²) in [5.74, 6) is -0.909. The predicted molar refractivity (Wildman–Crippen MR) is 143 cm³/mol. The minimum absolute atomic E-state index is 0.135. The zero-order valence-electron chi connectivity index (χ0n) is 23.1. The van der Waals surface area contributed by atoms with Gasteiger partial charge in [-0.3, -0.25) is 4.79 Å². The molecular weight excluding hydrogens is 534 g/mol. The molecule has 2 N–H and O–H groups in total. The molecule has 3 aliphatic heterocycles. The summed E-state index contributed by atoms with van der Waals surface area (Å²) in [5, 5.41) is 13.3. The van der Waals surface area contributed by atoms with E-state index in [4.69, 9.17) is 28.4 Å². The zero-order chi connectivity index (χ0) is 29.1. The lowest BCUT2D eigenvalue weighted by Crippen LogP contribution is -2.65. The first-order valence-corrected chi connectivity index (χ1v) is 13.8. The molecule has 1 amide bonds. The number of carbonyl (C=O) groups excluding carboxylic acids is 3. The molecule has 11 heteroatoms. The molecule has 0 radical (unpaired) electrons. The summed E-state index contributed by atoms with van der Waals surface area (Å²) in [4.78, 5) is 38.1. The number of hydrogen-bond acceptors (Lipinski definition) is 10. The number of esters is 1. The van der Waals surface area contributed by atoms with Crippen molar-refractivity contribution in [2.45, 2.75) is 95.0 Å². The van der Waals surface area contributed by atoms with Crippen molar-refractivity contribution in [3.63, 3.8) is 0 Å². The van der Waals surface area contributed by atoms with Crippen LogP contribution in [0.25, 0.3) is 0 Å². The van der Waals surface area contributed by atoms with Gasteiger partial charge >= 0.3 is 12.1 Å². The lowest BCUT2D eigenvalue weighted by Gasteiger charge is -2.47. The second-order valence-corrected chi connectivity index (χ2v) is 10.5. The molecule has 0 saturated carbocycles. The van der Waals surface area contributed by atoms with E-state index in [-0.39, 0.29) is 12.4 Å². The largest absolute Gasteiger partial charge is 0.453 e. The van der Waals surface area contributed by atoms with Crippen molar-refractivity contribution in [3.05, 3.63) is 71.8 Å². The molecule has 41 heavy (non-hydrogen) atoms. The van der Waals surface area contributed by atoms with Crippen LogP contribution in [0.2, 0.25) is 0 Å². The Morgan fingerprint density at radius 3 is 2.32 bits per heavy atom. The van der Waals surface area contributed by atoms with Crippen molar-refractivity contribution in [2.75, 3.05) is 0 Å². The van der Waals surface area contributed by atoms with E-state index in [1.54, 1.807) is 37.3 Å². The molecule has 0 bridgehead atoms. The van der Waals surface area contributed by atoms with Gasteiger partial charge in [0.2, 0.25) is 0 Å². The number of carbonyl (C=O) groups is 3. The van der Waals surface area contributed by atoms with Gasteiger partial charge in [-0.1, -0.05) is 55.5 Å². The second kappa shape index (κ2) is 12.7. The minimum atomic E-state index is -1.11. The normalized spacial score (nSPS) is 34.7. The van der Waals surface area contributed by atoms with Crippen molar-refractivity contribution >= 4 is 17.8 Å². The summed E-state index contributed by atoms with van der Waals surface area (Å²) >= 11 is 0. The Morgan fingerprint density at radius 2 is 1.66 bits per heavy atom.